The molecule has 1 aromatic rings. The van der Waals surface area contributed by atoms with Gasteiger partial charge >= 0.3 is 6.18 Å². The van der Waals surface area contributed by atoms with E-state index in [0.717, 1.165) is 16.7 Å². The molecule has 0 fully saturated rings. The molecule has 4 heteroatoms. The van der Waals surface area contributed by atoms with Gasteiger partial charge in [0.15, 0.2) is 0 Å². The number of rotatable bonds is 4. The molecule has 1 aromatic carbocycles. The molecule has 21 heavy (non-hydrogen) atoms. The van der Waals surface area contributed by atoms with Gasteiger partial charge in [0, 0.05) is 12.8 Å². The summed E-state index contributed by atoms with van der Waals surface area (Å²) in [6.07, 6.45) is -5.67. The van der Waals surface area contributed by atoms with Gasteiger partial charge in [-0.2, -0.15) is 13.2 Å². The molecule has 0 bridgehead atoms. The van der Waals surface area contributed by atoms with Crippen LogP contribution in [0.3, 0.4) is 0 Å². The number of halogens is 3. The first kappa shape index (κ1) is 17.7. The summed E-state index contributed by atoms with van der Waals surface area (Å²) in [7, 11) is 0. The highest BCUT2D eigenvalue weighted by Crippen LogP contribution is 2.28. The molecule has 0 amide bonds. The van der Waals surface area contributed by atoms with E-state index in [0.29, 0.717) is 0 Å². The van der Waals surface area contributed by atoms with Crippen LogP contribution in [0.4, 0.5) is 13.2 Å². The van der Waals surface area contributed by atoms with E-state index in [1.807, 2.05) is 26.0 Å². The fourth-order valence-electron chi connectivity index (χ4n) is 2.27. The molecule has 0 unspecified atom stereocenters. The number of alkyl halides is 3. The van der Waals surface area contributed by atoms with E-state index in [2.05, 4.69) is 20.8 Å². The van der Waals surface area contributed by atoms with Crippen molar-refractivity contribution < 1.29 is 18.0 Å². The predicted octanol–water partition coefficient (Wildman–Crippen LogP) is 5.06. The van der Waals surface area contributed by atoms with E-state index in [4.69, 9.17) is 0 Å². The van der Waals surface area contributed by atoms with E-state index in [1.54, 1.807) is 0 Å². The summed E-state index contributed by atoms with van der Waals surface area (Å²) in [5.74, 6) is -0.359. The van der Waals surface area contributed by atoms with Crippen LogP contribution in [-0.2, 0) is 16.6 Å². The highest BCUT2D eigenvalue weighted by Gasteiger charge is 2.28. The Kier molecular flexibility index (Phi) is 5.24. The second-order valence-corrected chi connectivity index (χ2v) is 6.67. The van der Waals surface area contributed by atoms with Crippen LogP contribution < -0.4 is 0 Å². The Morgan fingerprint density at radius 3 is 1.90 bits per heavy atom. The smallest absolute Gasteiger partial charge is 0.299 e. The first-order chi connectivity index (χ1) is 9.40. The lowest BCUT2D eigenvalue weighted by Gasteiger charge is -2.22. The molecule has 118 valence electrons. The Balaban J connectivity index is 2.88. The number of hydrogen-bond acceptors (Lipinski definition) is 1. The van der Waals surface area contributed by atoms with Crippen molar-refractivity contribution in [1.82, 2.24) is 0 Å². The number of ketones is 1. The molecule has 1 rings (SSSR count). The van der Waals surface area contributed by atoms with Gasteiger partial charge in [0.2, 0.25) is 0 Å². The van der Waals surface area contributed by atoms with Crippen LogP contribution in [-0.4, -0.2) is 12.0 Å². The van der Waals surface area contributed by atoms with Crippen molar-refractivity contribution in [1.29, 1.82) is 0 Å². The van der Waals surface area contributed by atoms with Gasteiger partial charge in [0.05, 0.1) is 6.42 Å². The second-order valence-electron chi connectivity index (χ2n) is 6.67. The van der Waals surface area contributed by atoms with Crippen LogP contribution in [0.25, 0.3) is 0 Å². The molecule has 1 nitrogen and oxygen atoms in total. The fourth-order valence-corrected chi connectivity index (χ4v) is 2.27. The predicted molar refractivity (Wildman–Crippen MR) is 78.6 cm³/mol. The number of benzene rings is 1. The third-order valence-electron chi connectivity index (χ3n) is 3.62. The molecule has 0 aliphatic rings. The van der Waals surface area contributed by atoms with E-state index in [1.165, 1.54) is 5.56 Å². The lowest BCUT2D eigenvalue weighted by Crippen LogP contribution is -2.15. The molecule has 0 N–H and O–H groups in total. The maximum atomic E-state index is 12.1. The Hall–Kier alpha value is -1.32. The largest absolute Gasteiger partial charge is 0.389 e. The van der Waals surface area contributed by atoms with Crippen LogP contribution in [0, 0.1) is 13.8 Å². The van der Waals surface area contributed by atoms with Crippen molar-refractivity contribution in [2.24, 2.45) is 0 Å². The Bertz CT molecular complexity index is 499. The Labute approximate surface area is 124 Å². The maximum absolute atomic E-state index is 12.1. The zero-order valence-corrected chi connectivity index (χ0v) is 13.3. The summed E-state index contributed by atoms with van der Waals surface area (Å²) < 4.78 is 36.4. The number of carbonyl (C=O) groups is 1. The van der Waals surface area contributed by atoms with Crippen LogP contribution >= 0.6 is 0 Å². The summed E-state index contributed by atoms with van der Waals surface area (Å²) in [4.78, 5) is 11.7. The van der Waals surface area contributed by atoms with Gasteiger partial charge in [-0.25, -0.2) is 0 Å². The molecule has 0 heterocycles. The number of aryl methyl sites for hydroxylation is 2. The molecule has 0 radical (unpaired) electrons. The third-order valence-corrected chi connectivity index (χ3v) is 3.62. The van der Waals surface area contributed by atoms with Gasteiger partial charge in [-0.05, 0) is 41.5 Å². The monoisotopic (exact) mass is 300 g/mol. The summed E-state index contributed by atoms with van der Waals surface area (Å²) in [5, 5.41) is 0. The molecule has 0 aliphatic heterocycles. The van der Waals surface area contributed by atoms with Gasteiger partial charge in [0.25, 0.3) is 0 Å². The summed E-state index contributed by atoms with van der Waals surface area (Å²) in [5.41, 5.74) is 3.98. The fraction of sp³-hybridized carbons (Fsp3) is 0.588. The standard InChI is InChI=1S/C17H23F3O/c1-11-8-13(16(3,4)5)9-12(2)15(11)10-14(21)6-7-17(18,19)20/h8-9H,6-7,10H2,1-5H3. The van der Waals surface area contributed by atoms with E-state index in [9.17, 15) is 18.0 Å². The van der Waals surface area contributed by atoms with Crippen LogP contribution in [0.1, 0.15) is 55.9 Å². The molecule has 0 saturated heterocycles. The Morgan fingerprint density at radius 2 is 1.52 bits per heavy atom. The lowest BCUT2D eigenvalue weighted by atomic mass is 9.83. The lowest BCUT2D eigenvalue weighted by molar-refractivity contribution is -0.143. The van der Waals surface area contributed by atoms with Gasteiger partial charge < -0.3 is 0 Å². The van der Waals surface area contributed by atoms with Crippen LogP contribution in [0.15, 0.2) is 12.1 Å². The van der Waals surface area contributed by atoms with E-state index >= 15 is 0 Å². The first-order valence-electron chi connectivity index (χ1n) is 7.09. The zero-order valence-electron chi connectivity index (χ0n) is 13.3. The molecule has 0 saturated carbocycles. The number of hydrogen-bond donors (Lipinski definition) is 0. The number of Topliss-reactive ketones (excluding diaryl/α,β-unsaturated/α-hetero) is 1. The zero-order chi connectivity index (χ0) is 16.4. The SMILES string of the molecule is Cc1cc(C(C)(C)C)cc(C)c1CC(=O)CCC(F)(F)F. The van der Waals surface area contributed by atoms with Gasteiger partial charge in [0.1, 0.15) is 5.78 Å². The quantitative estimate of drug-likeness (QED) is 0.760. The highest BCUT2D eigenvalue weighted by atomic mass is 19.4. The van der Waals surface area contributed by atoms with E-state index in [-0.39, 0.29) is 17.6 Å². The average molecular weight is 300 g/mol. The van der Waals surface area contributed by atoms with Crippen molar-refractivity contribution in [3.8, 4) is 0 Å². The van der Waals surface area contributed by atoms with Crippen molar-refractivity contribution in [2.75, 3.05) is 0 Å². The minimum atomic E-state index is -4.27. The summed E-state index contributed by atoms with van der Waals surface area (Å²) in [6, 6.07) is 4.05. The normalized spacial score (nSPS) is 12.6. The van der Waals surface area contributed by atoms with Crippen LogP contribution in [0.5, 0.6) is 0 Å². The van der Waals surface area contributed by atoms with Crippen molar-refractivity contribution in [2.45, 2.75) is 65.5 Å². The van der Waals surface area contributed by atoms with Crippen molar-refractivity contribution in [3.63, 3.8) is 0 Å². The second kappa shape index (κ2) is 6.20. The highest BCUT2D eigenvalue weighted by molar-refractivity contribution is 5.81. The number of carbonyl (C=O) groups excluding carboxylic acids is 1. The molecule has 0 aromatic heterocycles. The average Bonchev–Trinajstić information content (AvgIpc) is 2.29. The first-order valence-corrected chi connectivity index (χ1v) is 7.09. The van der Waals surface area contributed by atoms with E-state index < -0.39 is 19.0 Å². The molecule has 0 atom stereocenters. The minimum absolute atomic E-state index is 0.00828. The van der Waals surface area contributed by atoms with Crippen LogP contribution in [0.2, 0.25) is 0 Å². The Morgan fingerprint density at radius 1 is 1.05 bits per heavy atom. The third kappa shape index (κ3) is 5.52. The minimum Gasteiger partial charge on any atom is -0.299 e. The topological polar surface area (TPSA) is 17.1 Å². The van der Waals surface area contributed by atoms with Gasteiger partial charge in [-0.1, -0.05) is 32.9 Å². The molecular formula is C17H23F3O. The van der Waals surface area contributed by atoms with Gasteiger partial charge in [-0.15, -0.1) is 0 Å². The van der Waals surface area contributed by atoms with Gasteiger partial charge in [-0.3, -0.25) is 4.79 Å². The van der Waals surface area contributed by atoms with Crippen molar-refractivity contribution in [3.05, 3.63) is 34.4 Å². The molecule has 0 spiro atoms. The maximum Gasteiger partial charge on any atom is 0.389 e. The molecule has 0 aliphatic carbocycles. The summed E-state index contributed by atoms with van der Waals surface area (Å²) >= 11 is 0. The summed E-state index contributed by atoms with van der Waals surface area (Å²) in [6.45, 7) is 10.1. The van der Waals surface area contributed by atoms with Crippen molar-refractivity contribution >= 4 is 5.78 Å². The molecular weight excluding hydrogens is 277 g/mol.